The van der Waals surface area contributed by atoms with E-state index in [1.165, 1.54) is 6.26 Å². The summed E-state index contributed by atoms with van der Waals surface area (Å²) >= 11 is 0. The maximum absolute atomic E-state index is 12.7. The summed E-state index contributed by atoms with van der Waals surface area (Å²) in [6, 6.07) is 18.5. The number of furan rings is 1. The topological polar surface area (TPSA) is 61.1 Å². The van der Waals surface area contributed by atoms with E-state index in [-0.39, 0.29) is 18.3 Å². The molecule has 1 heterocycles. The van der Waals surface area contributed by atoms with Crippen molar-refractivity contribution in [2.24, 2.45) is 0 Å². The molecule has 2 aromatic carbocycles. The summed E-state index contributed by atoms with van der Waals surface area (Å²) < 4.78 is 21.9. The van der Waals surface area contributed by atoms with E-state index in [2.05, 4.69) is 0 Å². The third-order valence-electron chi connectivity index (χ3n) is 4.18. The van der Waals surface area contributed by atoms with Crippen molar-refractivity contribution in [3.05, 3.63) is 78.3 Å². The van der Waals surface area contributed by atoms with Crippen molar-refractivity contribution < 1.29 is 23.4 Å². The van der Waals surface area contributed by atoms with Crippen molar-refractivity contribution >= 4 is 5.91 Å². The maximum Gasteiger partial charge on any atom is 0.289 e. The van der Waals surface area contributed by atoms with Gasteiger partial charge in [0.1, 0.15) is 30.5 Å². The van der Waals surface area contributed by atoms with Crippen LogP contribution in [0.2, 0.25) is 0 Å². The Hall–Kier alpha value is -3.41. The van der Waals surface area contributed by atoms with E-state index >= 15 is 0 Å². The first-order valence-corrected chi connectivity index (χ1v) is 8.94. The number of nitrogens with zero attached hydrogens (tertiary/aromatic N) is 1. The van der Waals surface area contributed by atoms with Gasteiger partial charge in [-0.1, -0.05) is 18.2 Å². The number of hydrogen-bond donors (Lipinski definition) is 0. The lowest BCUT2D eigenvalue weighted by molar-refractivity contribution is 0.0738. The summed E-state index contributed by atoms with van der Waals surface area (Å²) in [7, 11) is 3.33. The monoisotopic (exact) mass is 381 g/mol. The molecule has 1 aromatic heterocycles. The van der Waals surface area contributed by atoms with Crippen LogP contribution in [-0.4, -0.2) is 38.1 Å². The molecule has 0 aliphatic rings. The number of benzene rings is 2. The zero-order valence-electron chi connectivity index (χ0n) is 16.0. The molecule has 6 nitrogen and oxygen atoms in total. The summed E-state index contributed by atoms with van der Waals surface area (Å²) in [6.45, 7) is 1.05. The number of carbonyl (C=O) groups excluding carboxylic acids is 1. The SMILES string of the molecule is COc1ccc(OCCN(C)C(=O)c2occc2COc2ccccc2)cc1. The molecule has 0 aliphatic carbocycles. The van der Waals surface area contributed by atoms with E-state index in [4.69, 9.17) is 18.6 Å². The van der Waals surface area contributed by atoms with Crippen LogP contribution in [-0.2, 0) is 6.61 Å². The normalized spacial score (nSPS) is 10.4. The van der Waals surface area contributed by atoms with Gasteiger partial charge in [0.2, 0.25) is 0 Å². The minimum Gasteiger partial charge on any atom is -0.497 e. The van der Waals surface area contributed by atoms with Crippen molar-refractivity contribution in [1.82, 2.24) is 4.90 Å². The Bertz CT molecular complexity index is 873. The Labute approximate surface area is 164 Å². The van der Waals surface area contributed by atoms with Crippen molar-refractivity contribution in [3.63, 3.8) is 0 Å². The van der Waals surface area contributed by atoms with Crippen molar-refractivity contribution in [3.8, 4) is 17.2 Å². The zero-order valence-corrected chi connectivity index (χ0v) is 16.0. The number of carbonyl (C=O) groups is 1. The first-order valence-electron chi connectivity index (χ1n) is 8.94. The van der Waals surface area contributed by atoms with E-state index in [1.54, 1.807) is 25.1 Å². The van der Waals surface area contributed by atoms with E-state index < -0.39 is 0 Å². The molecule has 146 valence electrons. The van der Waals surface area contributed by atoms with E-state index in [1.807, 2.05) is 54.6 Å². The molecule has 6 heteroatoms. The average molecular weight is 381 g/mol. The van der Waals surface area contributed by atoms with Gasteiger partial charge in [-0.25, -0.2) is 0 Å². The highest BCUT2D eigenvalue weighted by Gasteiger charge is 2.20. The molecule has 0 radical (unpaired) electrons. The van der Waals surface area contributed by atoms with Crippen LogP contribution in [0.5, 0.6) is 17.2 Å². The van der Waals surface area contributed by atoms with Gasteiger partial charge in [-0.3, -0.25) is 4.79 Å². The molecule has 0 aliphatic heterocycles. The molecule has 3 rings (SSSR count). The minimum atomic E-state index is -0.213. The number of methoxy groups -OCH3 is 1. The predicted molar refractivity (Wildman–Crippen MR) is 105 cm³/mol. The first kappa shape index (κ1) is 19.4. The number of amides is 1. The molecule has 0 saturated carbocycles. The molecule has 0 fully saturated rings. The van der Waals surface area contributed by atoms with E-state index in [0.717, 1.165) is 17.2 Å². The van der Waals surface area contributed by atoms with Crippen LogP contribution in [0.4, 0.5) is 0 Å². The summed E-state index contributed by atoms with van der Waals surface area (Å²) in [6.07, 6.45) is 1.50. The van der Waals surface area contributed by atoms with Crippen LogP contribution in [0.1, 0.15) is 16.1 Å². The van der Waals surface area contributed by atoms with Gasteiger partial charge in [0, 0.05) is 12.6 Å². The number of rotatable bonds is 9. The van der Waals surface area contributed by atoms with Gasteiger partial charge in [-0.05, 0) is 42.5 Å². The summed E-state index contributed by atoms with van der Waals surface area (Å²) in [4.78, 5) is 14.2. The maximum atomic E-state index is 12.7. The van der Waals surface area contributed by atoms with Gasteiger partial charge in [-0.15, -0.1) is 0 Å². The van der Waals surface area contributed by atoms with E-state index in [0.29, 0.717) is 18.7 Å². The molecule has 28 heavy (non-hydrogen) atoms. The third-order valence-corrected chi connectivity index (χ3v) is 4.18. The van der Waals surface area contributed by atoms with Crippen LogP contribution in [0.25, 0.3) is 0 Å². The fourth-order valence-electron chi connectivity index (χ4n) is 2.56. The van der Waals surface area contributed by atoms with Gasteiger partial charge >= 0.3 is 0 Å². The highest BCUT2D eigenvalue weighted by Crippen LogP contribution is 2.18. The smallest absolute Gasteiger partial charge is 0.289 e. The molecule has 0 bridgehead atoms. The Morgan fingerprint density at radius 1 is 0.929 bits per heavy atom. The lowest BCUT2D eigenvalue weighted by atomic mass is 10.2. The van der Waals surface area contributed by atoms with Gasteiger partial charge < -0.3 is 23.5 Å². The summed E-state index contributed by atoms with van der Waals surface area (Å²) in [5.74, 6) is 2.29. The fourth-order valence-corrected chi connectivity index (χ4v) is 2.56. The van der Waals surface area contributed by atoms with Crippen molar-refractivity contribution in [2.75, 3.05) is 27.3 Å². The molecule has 3 aromatic rings. The molecule has 0 N–H and O–H groups in total. The summed E-state index contributed by atoms with van der Waals surface area (Å²) in [5.41, 5.74) is 0.705. The second-order valence-corrected chi connectivity index (χ2v) is 6.13. The van der Waals surface area contributed by atoms with Crippen LogP contribution < -0.4 is 14.2 Å². The highest BCUT2D eigenvalue weighted by molar-refractivity contribution is 5.92. The Morgan fingerprint density at radius 3 is 2.32 bits per heavy atom. The van der Waals surface area contributed by atoms with Gasteiger partial charge in [0.05, 0.1) is 19.9 Å². The summed E-state index contributed by atoms with van der Waals surface area (Å²) in [5, 5.41) is 0. The van der Waals surface area contributed by atoms with Gasteiger partial charge in [0.25, 0.3) is 5.91 Å². The van der Waals surface area contributed by atoms with Crippen LogP contribution in [0.15, 0.2) is 71.3 Å². The fraction of sp³-hybridized carbons (Fsp3) is 0.227. The molecular formula is C22H23NO5. The first-order chi connectivity index (χ1) is 13.7. The number of likely N-dealkylation sites (N-methyl/N-ethyl adjacent to an activating group) is 1. The minimum absolute atomic E-state index is 0.213. The molecule has 1 amide bonds. The average Bonchev–Trinajstić information content (AvgIpc) is 3.21. The van der Waals surface area contributed by atoms with Crippen LogP contribution in [0, 0.1) is 0 Å². The van der Waals surface area contributed by atoms with Crippen LogP contribution >= 0.6 is 0 Å². The quantitative estimate of drug-likeness (QED) is 0.560. The van der Waals surface area contributed by atoms with Crippen LogP contribution in [0.3, 0.4) is 0 Å². The molecule has 0 saturated heterocycles. The highest BCUT2D eigenvalue weighted by atomic mass is 16.5. The lowest BCUT2D eigenvalue weighted by Gasteiger charge is -2.17. The van der Waals surface area contributed by atoms with Crippen molar-refractivity contribution in [2.45, 2.75) is 6.61 Å². The Kier molecular flexibility index (Phi) is 6.57. The van der Waals surface area contributed by atoms with Gasteiger partial charge in [0.15, 0.2) is 5.76 Å². The number of para-hydroxylation sites is 1. The number of ether oxygens (including phenoxy) is 3. The molecule has 0 unspecified atom stereocenters. The second-order valence-electron chi connectivity index (χ2n) is 6.13. The lowest BCUT2D eigenvalue weighted by Crippen LogP contribution is -2.31. The largest absolute Gasteiger partial charge is 0.497 e. The Balaban J connectivity index is 1.51. The molecular weight excluding hydrogens is 358 g/mol. The molecule has 0 atom stereocenters. The van der Waals surface area contributed by atoms with Crippen molar-refractivity contribution in [1.29, 1.82) is 0 Å². The third kappa shape index (κ3) is 5.07. The number of hydrogen-bond acceptors (Lipinski definition) is 5. The molecule has 0 spiro atoms. The Morgan fingerprint density at radius 2 is 1.61 bits per heavy atom. The van der Waals surface area contributed by atoms with Gasteiger partial charge in [-0.2, -0.15) is 0 Å². The standard InChI is InChI=1S/C22H23NO5/c1-23(13-15-26-20-10-8-18(25-2)9-11-20)22(24)21-17(12-14-27-21)16-28-19-6-4-3-5-7-19/h3-12,14H,13,15-16H2,1-2H3. The predicted octanol–water partition coefficient (Wildman–Crippen LogP) is 4.02. The second kappa shape index (κ2) is 9.50. The van der Waals surface area contributed by atoms with E-state index in [9.17, 15) is 4.79 Å². The zero-order chi connectivity index (χ0) is 19.8.